The summed E-state index contributed by atoms with van der Waals surface area (Å²) in [4.78, 5) is 15.5. The van der Waals surface area contributed by atoms with Crippen LogP contribution < -0.4 is 0 Å². The molecule has 1 aromatic carbocycles. The molecule has 1 amide bonds. The second kappa shape index (κ2) is 6.26. The van der Waals surface area contributed by atoms with Crippen LogP contribution in [0.25, 0.3) is 0 Å². The maximum absolute atomic E-state index is 11.4. The second-order valence-corrected chi connectivity index (χ2v) is 5.28. The molecule has 0 saturated carbocycles. The van der Waals surface area contributed by atoms with E-state index in [4.69, 9.17) is 11.6 Å². The van der Waals surface area contributed by atoms with E-state index in [1.54, 1.807) is 25.1 Å². The monoisotopic (exact) mass is 282 g/mol. The molecule has 0 spiro atoms. The van der Waals surface area contributed by atoms with E-state index in [-0.39, 0.29) is 11.7 Å². The highest BCUT2D eigenvalue weighted by Crippen LogP contribution is 2.26. The van der Waals surface area contributed by atoms with Crippen molar-refractivity contribution in [2.45, 2.75) is 19.9 Å². The summed E-state index contributed by atoms with van der Waals surface area (Å²) in [5.41, 5.74) is 0.764. The van der Waals surface area contributed by atoms with Crippen molar-refractivity contribution in [2.24, 2.45) is 0 Å². The number of carbonyl (C=O) groups is 1. The van der Waals surface area contributed by atoms with E-state index in [2.05, 4.69) is 4.90 Å². The Labute approximate surface area is 118 Å². The van der Waals surface area contributed by atoms with E-state index in [1.165, 1.54) is 0 Å². The third-order valence-electron chi connectivity index (χ3n) is 3.51. The van der Waals surface area contributed by atoms with Gasteiger partial charge in [0.25, 0.3) is 0 Å². The number of rotatable bonds is 2. The van der Waals surface area contributed by atoms with Gasteiger partial charge in [-0.05, 0) is 18.6 Å². The van der Waals surface area contributed by atoms with Gasteiger partial charge in [-0.3, -0.25) is 9.69 Å². The molecule has 0 bridgehead atoms. The van der Waals surface area contributed by atoms with E-state index in [9.17, 15) is 9.90 Å². The fourth-order valence-electron chi connectivity index (χ4n) is 2.37. The average Bonchev–Trinajstić information content (AvgIpc) is 2.59. The van der Waals surface area contributed by atoms with Gasteiger partial charge in [-0.25, -0.2) is 0 Å². The smallest absolute Gasteiger partial charge is 0.219 e. The molecule has 0 aromatic heterocycles. The molecule has 19 heavy (non-hydrogen) atoms. The molecule has 4 nitrogen and oxygen atoms in total. The van der Waals surface area contributed by atoms with Crippen LogP contribution in [0.5, 0.6) is 5.75 Å². The third-order valence-corrected chi connectivity index (χ3v) is 3.86. The van der Waals surface area contributed by atoms with Gasteiger partial charge >= 0.3 is 0 Å². The molecule has 0 radical (unpaired) electrons. The first-order chi connectivity index (χ1) is 9.08. The van der Waals surface area contributed by atoms with Gasteiger partial charge in [0.15, 0.2) is 0 Å². The van der Waals surface area contributed by atoms with Gasteiger partial charge in [0.1, 0.15) is 5.75 Å². The van der Waals surface area contributed by atoms with Crippen molar-refractivity contribution in [3.8, 4) is 5.75 Å². The number of nitrogens with zero attached hydrogens (tertiary/aromatic N) is 2. The first-order valence-electron chi connectivity index (χ1n) is 6.52. The lowest BCUT2D eigenvalue weighted by Gasteiger charge is -2.22. The third kappa shape index (κ3) is 3.61. The number of halogens is 1. The standard InChI is InChI=1S/C14H19ClN2O2/c1-11(18)17-7-3-6-16(8-9-17)10-12-13(15)4-2-5-14(12)19/h2,4-5,19H,3,6-10H2,1H3. The number of hydrogen-bond acceptors (Lipinski definition) is 3. The van der Waals surface area contributed by atoms with Crippen molar-refractivity contribution in [3.63, 3.8) is 0 Å². The number of benzene rings is 1. The van der Waals surface area contributed by atoms with Crippen LogP contribution in [0.3, 0.4) is 0 Å². The molecular weight excluding hydrogens is 264 g/mol. The first-order valence-corrected chi connectivity index (χ1v) is 6.90. The Bertz CT molecular complexity index is 445. The first kappa shape index (κ1) is 14.2. The Morgan fingerprint density at radius 3 is 2.79 bits per heavy atom. The average molecular weight is 283 g/mol. The van der Waals surface area contributed by atoms with E-state index < -0.39 is 0 Å². The van der Waals surface area contributed by atoms with Crippen LogP contribution in [0, 0.1) is 0 Å². The Hall–Kier alpha value is -1.26. The van der Waals surface area contributed by atoms with Crippen molar-refractivity contribution in [1.29, 1.82) is 0 Å². The fraction of sp³-hybridized carbons (Fsp3) is 0.500. The van der Waals surface area contributed by atoms with Crippen molar-refractivity contribution in [3.05, 3.63) is 28.8 Å². The Morgan fingerprint density at radius 2 is 2.11 bits per heavy atom. The number of phenols is 1. The van der Waals surface area contributed by atoms with E-state index in [0.717, 1.165) is 38.2 Å². The molecule has 0 aliphatic carbocycles. The number of aromatic hydroxyl groups is 1. The summed E-state index contributed by atoms with van der Waals surface area (Å²) in [5, 5.41) is 10.4. The molecule has 1 saturated heterocycles. The molecule has 0 unspecified atom stereocenters. The summed E-state index contributed by atoms with van der Waals surface area (Å²) in [5.74, 6) is 0.364. The molecule has 0 atom stereocenters. The summed E-state index contributed by atoms with van der Waals surface area (Å²) < 4.78 is 0. The molecule has 104 valence electrons. The number of carbonyl (C=O) groups excluding carboxylic acids is 1. The molecule has 5 heteroatoms. The largest absolute Gasteiger partial charge is 0.508 e. The zero-order valence-corrected chi connectivity index (χ0v) is 11.9. The predicted octanol–water partition coefficient (Wildman–Crippen LogP) is 2.10. The van der Waals surface area contributed by atoms with Crippen LogP contribution in [0.1, 0.15) is 18.9 Å². The minimum atomic E-state index is 0.127. The molecule has 1 aromatic rings. The Balaban J connectivity index is 2.02. The number of hydrogen-bond donors (Lipinski definition) is 1. The molecule has 1 N–H and O–H groups in total. The SMILES string of the molecule is CC(=O)N1CCCN(Cc2c(O)cccc2Cl)CC1. The van der Waals surface area contributed by atoms with E-state index >= 15 is 0 Å². The van der Waals surface area contributed by atoms with Crippen LogP contribution in [0.15, 0.2) is 18.2 Å². The fourth-order valence-corrected chi connectivity index (χ4v) is 2.60. The summed E-state index contributed by atoms with van der Waals surface area (Å²) in [7, 11) is 0. The van der Waals surface area contributed by atoms with Crippen LogP contribution >= 0.6 is 11.6 Å². The Morgan fingerprint density at radius 1 is 1.32 bits per heavy atom. The van der Waals surface area contributed by atoms with Crippen molar-refractivity contribution < 1.29 is 9.90 Å². The molecular formula is C14H19ClN2O2. The van der Waals surface area contributed by atoms with Gasteiger partial charge in [0, 0.05) is 50.2 Å². The number of phenolic OH excluding ortho intramolecular Hbond substituents is 1. The molecule has 2 rings (SSSR count). The summed E-state index contributed by atoms with van der Waals surface area (Å²) in [6.07, 6.45) is 0.949. The quantitative estimate of drug-likeness (QED) is 0.903. The maximum atomic E-state index is 11.4. The van der Waals surface area contributed by atoms with Crippen LogP contribution in [-0.2, 0) is 11.3 Å². The molecule has 1 aliphatic heterocycles. The maximum Gasteiger partial charge on any atom is 0.219 e. The van der Waals surface area contributed by atoms with E-state index in [0.29, 0.717) is 11.6 Å². The minimum Gasteiger partial charge on any atom is -0.508 e. The van der Waals surface area contributed by atoms with Crippen molar-refractivity contribution in [1.82, 2.24) is 9.80 Å². The highest BCUT2D eigenvalue weighted by atomic mass is 35.5. The second-order valence-electron chi connectivity index (χ2n) is 4.87. The van der Waals surface area contributed by atoms with Gasteiger partial charge in [-0.15, -0.1) is 0 Å². The topological polar surface area (TPSA) is 43.8 Å². The van der Waals surface area contributed by atoms with Crippen LogP contribution in [0.2, 0.25) is 5.02 Å². The molecule has 1 aliphatic rings. The highest BCUT2D eigenvalue weighted by molar-refractivity contribution is 6.31. The lowest BCUT2D eigenvalue weighted by Crippen LogP contribution is -2.33. The zero-order chi connectivity index (χ0) is 13.8. The normalized spacial score (nSPS) is 17.3. The van der Waals surface area contributed by atoms with Crippen molar-refractivity contribution >= 4 is 17.5 Å². The molecule has 1 heterocycles. The summed E-state index contributed by atoms with van der Waals surface area (Å²) in [6, 6.07) is 5.18. The van der Waals surface area contributed by atoms with Crippen LogP contribution in [-0.4, -0.2) is 47.0 Å². The van der Waals surface area contributed by atoms with Gasteiger partial charge in [0.05, 0.1) is 0 Å². The van der Waals surface area contributed by atoms with Gasteiger partial charge < -0.3 is 10.0 Å². The zero-order valence-electron chi connectivity index (χ0n) is 11.1. The molecule has 1 fully saturated rings. The van der Waals surface area contributed by atoms with E-state index in [1.807, 2.05) is 4.90 Å². The summed E-state index contributed by atoms with van der Waals surface area (Å²) in [6.45, 7) is 5.49. The summed E-state index contributed by atoms with van der Waals surface area (Å²) >= 11 is 6.12. The van der Waals surface area contributed by atoms with Gasteiger partial charge in [-0.1, -0.05) is 17.7 Å². The Kier molecular flexibility index (Phi) is 4.66. The van der Waals surface area contributed by atoms with Gasteiger partial charge in [0.2, 0.25) is 5.91 Å². The highest BCUT2D eigenvalue weighted by Gasteiger charge is 2.18. The predicted molar refractivity (Wildman–Crippen MR) is 75.3 cm³/mol. The lowest BCUT2D eigenvalue weighted by molar-refractivity contribution is -0.128. The van der Waals surface area contributed by atoms with Crippen molar-refractivity contribution in [2.75, 3.05) is 26.2 Å². The minimum absolute atomic E-state index is 0.127. The van der Waals surface area contributed by atoms with Crippen LogP contribution in [0.4, 0.5) is 0 Å². The lowest BCUT2D eigenvalue weighted by atomic mass is 10.2. The number of amides is 1. The van der Waals surface area contributed by atoms with Gasteiger partial charge in [-0.2, -0.15) is 0 Å².